The molecule has 98 valence electrons. The second-order valence-electron chi connectivity index (χ2n) is 5.28. The number of amides is 1. The van der Waals surface area contributed by atoms with E-state index in [0.29, 0.717) is 5.92 Å². The standard InChI is InChI=1S/C15H22N2O/c1-10-6-4-5-7-13(10)12(3)17-15(18)14-11(2)8-9-16-14/h4-7,11-12,14,16H,8-9H2,1-3H3,(H,17,18)/t11?,12-,14?/m0/s1. The summed E-state index contributed by atoms with van der Waals surface area (Å²) in [5.41, 5.74) is 2.41. The van der Waals surface area contributed by atoms with Crippen LogP contribution >= 0.6 is 0 Å². The molecule has 1 saturated heterocycles. The fourth-order valence-electron chi connectivity index (χ4n) is 2.64. The first-order valence-electron chi connectivity index (χ1n) is 6.69. The lowest BCUT2D eigenvalue weighted by Gasteiger charge is -2.21. The molecule has 1 aliphatic heterocycles. The molecule has 0 aromatic heterocycles. The summed E-state index contributed by atoms with van der Waals surface area (Å²) in [5.74, 6) is 0.546. The first-order chi connectivity index (χ1) is 8.59. The summed E-state index contributed by atoms with van der Waals surface area (Å²) in [5, 5.41) is 6.37. The maximum absolute atomic E-state index is 12.2. The molecular formula is C15H22N2O. The molecule has 1 amide bonds. The Bertz CT molecular complexity index is 430. The molecule has 2 rings (SSSR count). The van der Waals surface area contributed by atoms with Crippen LogP contribution in [-0.4, -0.2) is 18.5 Å². The van der Waals surface area contributed by atoms with E-state index in [1.165, 1.54) is 11.1 Å². The van der Waals surface area contributed by atoms with Crippen molar-refractivity contribution in [3.8, 4) is 0 Å². The van der Waals surface area contributed by atoms with Crippen molar-refractivity contribution in [1.29, 1.82) is 0 Å². The van der Waals surface area contributed by atoms with Crippen LogP contribution < -0.4 is 10.6 Å². The van der Waals surface area contributed by atoms with E-state index in [1.54, 1.807) is 0 Å². The quantitative estimate of drug-likeness (QED) is 0.858. The van der Waals surface area contributed by atoms with Crippen molar-refractivity contribution in [3.05, 3.63) is 35.4 Å². The van der Waals surface area contributed by atoms with Gasteiger partial charge in [-0.3, -0.25) is 4.79 Å². The van der Waals surface area contributed by atoms with Crippen molar-refractivity contribution in [2.75, 3.05) is 6.54 Å². The number of hydrogen-bond acceptors (Lipinski definition) is 2. The van der Waals surface area contributed by atoms with E-state index in [1.807, 2.05) is 19.1 Å². The number of carbonyl (C=O) groups excluding carboxylic acids is 1. The van der Waals surface area contributed by atoms with Gasteiger partial charge < -0.3 is 10.6 Å². The van der Waals surface area contributed by atoms with Gasteiger partial charge in [0.05, 0.1) is 12.1 Å². The fourth-order valence-corrected chi connectivity index (χ4v) is 2.64. The Morgan fingerprint density at radius 2 is 2.17 bits per heavy atom. The maximum Gasteiger partial charge on any atom is 0.237 e. The monoisotopic (exact) mass is 246 g/mol. The van der Waals surface area contributed by atoms with Crippen molar-refractivity contribution in [2.45, 2.75) is 39.3 Å². The van der Waals surface area contributed by atoms with E-state index in [0.717, 1.165) is 13.0 Å². The van der Waals surface area contributed by atoms with Gasteiger partial charge in [-0.05, 0) is 43.9 Å². The second-order valence-corrected chi connectivity index (χ2v) is 5.28. The lowest BCUT2D eigenvalue weighted by molar-refractivity contribution is -0.124. The molecule has 0 spiro atoms. The van der Waals surface area contributed by atoms with E-state index < -0.39 is 0 Å². The zero-order chi connectivity index (χ0) is 13.1. The molecule has 3 heteroatoms. The number of rotatable bonds is 3. The van der Waals surface area contributed by atoms with Crippen molar-refractivity contribution < 1.29 is 4.79 Å². The average molecular weight is 246 g/mol. The average Bonchev–Trinajstić information content (AvgIpc) is 2.76. The van der Waals surface area contributed by atoms with Crippen LogP contribution in [0.1, 0.15) is 37.4 Å². The molecule has 2 unspecified atom stereocenters. The Hall–Kier alpha value is -1.35. The molecule has 1 heterocycles. The van der Waals surface area contributed by atoms with Gasteiger partial charge in [0.25, 0.3) is 0 Å². The lowest BCUT2D eigenvalue weighted by atomic mass is 10.00. The summed E-state index contributed by atoms with van der Waals surface area (Å²) >= 11 is 0. The highest BCUT2D eigenvalue weighted by atomic mass is 16.2. The largest absolute Gasteiger partial charge is 0.348 e. The van der Waals surface area contributed by atoms with Crippen LogP contribution in [0.4, 0.5) is 0 Å². The summed E-state index contributed by atoms with van der Waals surface area (Å²) in [6.07, 6.45) is 1.08. The van der Waals surface area contributed by atoms with Crippen molar-refractivity contribution in [1.82, 2.24) is 10.6 Å². The van der Waals surface area contributed by atoms with Gasteiger partial charge in [0.15, 0.2) is 0 Å². The zero-order valence-corrected chi connectivity index (χ0v) is 11.4. The number of benzene rings is 1. The van der Waals surface area contributed by atoms with Crippen molar-refractivity contribution >= 4 is 5.91 Å². The topological polar surface area (TPSA) is 41.1 Å². The normalized spacial score (nSPS) is 24.8. The highest BCUT2D eigenvalue weighted by Gasteiger charge is 2.29. The molecule has 1 aromatic carbocycles. The van der Waals surface area contributed by atoms with Gasteiger partial charge in [0.1, 0.15) is 0 Å². The van der Waals surface area contributed by atoms with E-state index in [4.69, 9.17) is 0 Å². The molecule has 0 bridgehead atoms. The third-order valence-electron chi connectivity index (χ3n) is 3.83. The Balaban J connectivity index is 2.01. The van der Waals surface area contributed by atoms with Gasteiger partial charge in [-0.1, -0.05) is 31.2 Å². The number of nitrogens with one attached hydrogen (secondary N) is 2. The fraction of sp³-hybridized carbons (Fsp3) is 0.533. The lowest BCUT2D eigenvalue weighted by Crippen LogP contribution is -2.44. The van der Waals surface area contributed by atoms with E-state index >= 15 is 0 Å². The predicted molar refractivity (Wildman–Crippen MR) is 73.3 cm³/mol. The van der Waals surface area contributed by atoms with E-state index in [2.05, 4.69) is 36.6 Å². The number of carbonyl (C=O) groups is 1. The van der Waals surface area contributed by atoms with Gasteiger partial charge >= 0.3 is 0 Å². The molecule has 1 fully saturated rings. The van der Waals surface area contributed by atoms with Crippen molar-refractivity contribution in [2.24, 2.45) is 5.92 Å². The summed E-state index contributed by atoms with van der Waals surface area (Å²) < 4.78 is 0. The molecule has 0 aliphatic carbocycles. The Morgan fingerprint density at radius 1 is 1.44 bits per heavy atom. The molecular weight excluding hydrogens is 224 g/mol. The predicted octanol–water partition coefficient (Wildman–Crippen LogP) is 2.17. The molecule has 0 saturated carbocycles. The van der Waals surface area contributed by atoms with Gasteiger partial charge in [0, 0.05) is 0 Å². The highest BCUT2D eigenvalue weighted by Crippen LogP contribution is 2.19. The van der Waals surface area contributed by atoms with Gasteiger partial charge in [-0.25, -0.2) is 0 Å². The molecule has 18 heavy (non-hydrogen) atoms. The minimum atomic E-state index is -0.0310. The smallest absolute Gasteiger partial charge is 0.237 e. The second kappa shape index (κ2) is 5.53. The highest BCUT2D eigenvalue weighted by molar-refractivity contribution is 5.82. The summed E-state index contributed by atoms with van der Waals surface area (Å²) in [7, 11) is 0. The minimum Gasteiger partial charge on any atom is -0.348 e. The summed E-state index contributed by atoms with van der Waals surface area (Å²) in [4.78, 5) is 12.2. The van der Waals surface area contributed by atoms with Gasteiger partial charge in [-0.2, -0.15) is 0 Å². The van der Waals surface area contributed by atoms with E-state index in [9.17, 15) is 4.79 Å². The number of hydrogen-bond donors (Lipinski definition) is 2. The minimum absolute atomic E-state index is 0.0310. The third-order valence-corrected chi connectivity index (χ3v) is 3.83. The van der Waals surface area contributed by atoms with Crippen LogP contribution in [0.5, 0.6) is 0 Å². The Morgan fingerprint density at radius 3 is 2.78 bits per heavy atom. The van der Waals surface area contributed by atoms with Crippen LogP contribution in [0.3, 0.4) is 0 Å². The summed E-state index contributed by atoms with van der Waals surface area (Å²) in [6, 6.07) is 8.22. The SMILES string of the molecule is Cc1ccccc1[C@H](C)NC(=O)C1NCCC1C. The molecule has 2 N–H and O–H groups in total. The maximum atomic E-state index is 12.2. The van der Waals surface area contributed by atoms with Crippen LogP contribution in [0.25, 0.3) is 0 Å². The van der Waals surface area contributed by atoms with Gasteiger partial charge in [-0.15, -0.1) is 0 Å². The van der Waals surface area contributed by atoms with Gasteiger partial charge in [0.2, 0.25) is 5.91 Å². The Labute approximate surface area is 109 Å². The molecule has 3 nitrogen and oxygen atoms in total. The first kappa shape index (κ1) is 13.1. The van der Waals surface area contributed by atoms with Crippen LogP contribution in [0.2, 0.25) is 0 Å². The van der Waals surface area contributed by atoms with E-state index in [-0.39, 0.29) is 18.0 Å². The molecule has 1 aromatic rings. The molecule has 3 atom stereocenters. The van der Waals surface area contributed by atoms with Crippen LogP contribution in [-0.2, 0) is 4.79 Å². The van der Waals surface area contributed by atoms with Crippen molar-refractivity contribution in [3.63, 3.8) is 0 Å². The molecule has 1 aliphatic rings. The zero-order valence-electron chi connectivity index (χ0n) is 11.4. The Kier molecular flexibility index (Phi) is 4.02. The number of aryl methyl sites for hydroxylation is 1. The first-order valence-corrected chi connectivity index (χ1v) is 6.69. The summed E-state index contributed by atoms with van der Waals surface area (Å²) in [6.45, 7) is 7.19. The van der Waals surface area contributed by atoms with Crippen LogP contribution in [0, 0.1) is 12.8 Å². The third kappa shape index (κ3) is 2.72. The van der Waals surface area contributed by atoms with Crippen LogP contribution in [0.15, 0.2) is 24.3 Å². The molecule has 0 radical (unpaired) electrons.